The molecule has 0 atom stereocenters. The van der Waals surface area contributed by atoms with Crippen LogP contribution in [0.3, 0.4) is 0 Å². The van der Waals surface area contributed by atoms with Crippen LogP contribution in [0.5, 0.6) is 0 Å². The van der Waals surface area contributed by atoms with E-state index >= 15 is 0 Å². The third kappa shape index (κ3) is 2.72. The summed E-state index contributed by atoms with van der Waals surface area (Å²) in [4.78, 5) is 0.248. The van der Waals surface area contributed by atoms with Crippen LogP contribution in [0.15, 0.2) is 48.5 Å². The maximum absolute atomic E-state index is 14.2. The molecule has 106 valence electrons. The van der Waals surface area contributed by atoms with Crippen LogP contribution in [0.2, 0.25) is 0 Å². The summed E-state index contributed by atoms with van der Waals surface area (Å²) in [6, 6.07) is 12.5. The summed E-state index contributed by atoms with van der Waals surface area (Å²) in [5, 5.41) is -0.466. The lowest BCUT2D eigenvalue weighted by atomic mass is 10.0. The molecule has 0 unspecified atom stereocenters. The van der Waals surface area contributed by atoms with Gasteiger partial charge in [0.2, 0.25) is 0 Å². The van der Waals surface area contributed by atoms with Gasteiger partial charge in [-0.1, -0.05) is 29.8 Å². The van der Waals surface area contributed by atoms with Gasteiger partial charge in [-0.3, -0.25) is 0 Å². The summed E-state index contributed by atoms with van der Waals surface area (Å²) < 4.78 is 41.5. The van der Waals surface area contributed by atoms with Gasteiger partial charge in [-0.2, -0.15) is 4.39 Å². The first-order valence-electron chi connectivity index (χ1n) is 6.36. The number of benzene rings is 2. The summed E-state index contributed by atoms with van der Waals surface area (Å²) in [6.07, 6.45) is 0. The minimum Gasteiger partial charge on any atom is -0.206 e. The molecule has 0 spiro atoms. The molecule has 2 aromatic carbocycles. The van der Waals surface area contributed by atoms with Gasteiger partial charge in [0.1, 0.15) is 11.6 Å². The van der Waals surface area contributed by atoms with E-state index in [0.29, 0.717) is 5.56 Å². The molecule has 21 heavy (non-hydrogen) atoms. The fraction of sp³-hybridized carbons (Fsp3) is 0.0588. The Morgan fingerprint density at radius 1 is 0.762 bits per heavy atom. The van der Waals surface area contributed by atoms with Gasteiger partial charge in [0.15, 0.2) is 5.13 Å². The van der Waals surface area contributed by atoms with E-state index in [9.17, 15) is 13.2 Å². The van der Waals surface area contributed by atoms with Gasteiger partial charge in [0, 0.05) is 4.88 Å². The Labute approximate surface area is 124 Å². The molecular formula is C17H11F3S. The topological polar surface area (TPSA) is 0 Å². The van der Waals surface area contributed by atoms with E-state index in [1.807, 2.05) is 31.2 Å². The molecule has 0 aliphatic heterocycles. The van der Waals surface area contributed by atoms with Crippen molar-refractivity contribution in [2.75, 3.05) is 0 Å². The van der Waals surface area contributed by atoms with Crippen molar-refractivity contribution in [3.8, 4) is 21.6 Å². The van der Waals surface area contributed by atoms with E-state index in [-0.39, 0.29) is 10.4 Å². The van der Waals surface area contributed by atoms with Gasteiger partial charge >= 0.3 is 0 Å². The smallest absolute Gasteiger partial charge is 0.176 e. The molecule has 4 heteroatoms. The third-order valence-corrected chi connectivity index (χ3v) is 4.14. The van der Waals surface area contributed by atoms with E-state index in [2.05, 4.69) is 0 Å². The van der Waals surface area contributed by atoms with Gasteiger partial charge in [-0.15, -0.1) is 11.3 Å². The number of aryl methyl sites for hydroxylation is 1. The molecule has 1 heterocycles. The highest BCUT2D eigenvalue weighted by molar-refractivity contribution is 7.13. The summed E-state index contributed by atoms with van der Waals surface area (Å²) in [7, 11) is 0. The molecule has 0 N–H and O–H groups in total. The van der Waals surface area contributed by atoms with Crippen LogP contribution < -0.4 is 0 Å². The zero-order chi connectivity index (χ0) is 15.0. The molecule has 3 rings (SSSR count). The molecule has 0 amide bonds. The molecule has 0 saturated heterocycles. The van der Waals surface area contributed by atoms with Gasteiger partial charge < -0.3 is 0 Å². The fourth-order valence-corrected chi connectivity index (χ4v) is 2.95. The lowest BCUT2D eigenvalue weighted by Crippen LogP contribution is -1.90. The molecule has 0 saturated carbocycles. The highest BCUT2D eigenvalue weighted by Gasteiger charge is 2.16. The van der Waals surface area contributed by atoms with Gasteiger partial charge in [-0.05, 0) is 42.3 Å². The zero-order valence-electron chi connectivity index (χ0n) is 11.2. The molecule has 0 nitrogen and oxygen atoms in total. The minimum atomic E-state index is -0.688. The van der Waals surface area contributed by atoms with Crippen LogP contribution in [0.4, 0.5) is 13.2 Å². The first-order chi connectivity index (χ1) is 10.0. The second-order valence-corrected chi connectivity index (χ2v) is 5.82. The van der Waals surface area contributed by atoms with Crippen LogP contribution in [-0.4, -0.2) is 0 Å². The summed E-state index contributed by atoms with van der Waals surface area (Å²) in [5.74, 6) is -1.38. The monoisotopic (exact) mass is 304 g/mol. The van der Waals surface area contributed by atoms with E-state index in [0.717, 1.165) is 22.5 Å². The number of hydrogen-bond acceptors (Lipinski definition) is 1. The largest absolute Gasteiger partial charge is 0.206 e. The Morgan fingerprint density at radius 3 is 1.90 bits per heavy atom. The Hall–Kier alpha value is -2.07. The molecule has 0 radical (unpaired) electrons. The maximum atomic E-state index is 14.2. The van der Waals surface area contributed by atoms with Crippen LogP contribution in [0, 0.1) is 23.7 Å². The minimum absolute atomic E-state index is 0.181. The summed E-state index contributed by atoms with van der Waals surface area (Å²) >= 11 is 0.726. The van der Waals surface area contributed by atoms with Crippen molar-refractivity contribution in [3.05, 3.63) is 70.9 Å². The van der Waals surface area contributed by atoms with Crippen LogP contribution in [-0.2, 0) is 0 Å². The van der Waals surface area contributed by atoms with Crippen LogP contribution in [0.25, 0.3) is 21.6 Å². The first-order valence-corrected chi connectivity index (χ1v) is 7.18. The molecule has 0 aliphatic carbocycles. The predicted molar refractivity (Wildman–Crippen MR) is 79.8 cm³/mol. The molecule has 0 bridgehead atoms. The lowest BCUT2D eigenvalue weighted by Gasteiger charge is -2.07. The molecule has 3 aromatic rings. The summed E-state index contributed by atoms with van der Waals surface area (Å²) in [5.41, 5.74) is 2.10. The summed E-state index contributed by atoms with van der Waals surface area (Å²) in [6.45, 7) is 1.94. The molecule has 0 fully saturated rings. The third-order valence-electron chi connectivity index (χ3n) is 3.25. The fourth-order valence-electron chi connectivity index (χ4n) is 2.17. The highest BCUT2D eigenvalue weighted by atomic mass is 32.1. The Bertz CT molecular complexity index is 765. The van der Waals surface area contributed by atoms with E-state index in [1.54, 1.807) is 0 Å². The number of halogens is 3. The standard InChI is InChI=1S/C17H11F3S/c1-10-2-4-11(5-3-10)12-8-13(18)17(14(19)9-12)15-6-7-16(20)21-15/h2-9H,1H3. The van der Waals surface area contributed by atoms with Gasteiger partial charge in [0.05, 0.1) is 5.56 Å². The average Bonchev–Trinajstić information content (AvgIpc) is 2.85. The number of thiophene rings is 1. The van der Waals surface area contributed by atoms with Crippen molar-refractivity contribution in [1.82, 2.24) is 0 Å². The van der Waals surface area contributed by atoms with Gasteiger partial charge in [-0.25, -0.2) is 8.78 Å². The van der Waals surface area contributed by atoms with E-state index in [1.165, 1.54) is 24.3 Å². The normalized spacial score (nSPS) is 10.9. The van der Waals surface area contributed by atoms with Crippen molar-refractivity contribution in [3.63, 3.8) is 0 Å². The number of hydrogen-bond donors (Lipinski definition) is 0. The van der Waals surface area contributed by atoms with Crippen molar-refractivity contribution in [2.24, 2.45) is 0 Å². The molecular weight excluding hydrogens is 293 g/mol. The van der Waals surface area contributed by atoms with Crippen LogP contribution >= 0.6 is 11.3 Å². The number of rotatable bonds is 2. The van der Waals surface area contributed by atoms with Gasteiger partial charge in [0.25, 0.3) is 0 Å². The Morgan fingerprint density at radius 2 is 1.38 bits per heavy atom. The second-order valence-electron chi connectivity index (χ2n) is 4.78. The molecule has 0 aliphatic rings. The Kier molecular flexibility index (Phi) is 3.55. The van der Waals surface area contributed by atoms with E-state index < -0.39 is 16.8 Å². The van der Waals surface area contributed by atoms with Crippen molar-refractivity contribution in [2.45, 2.75) is 6.92 Å². The van der Waals surface area contributed by atoms with Crippen molar-refractivity contribution >= 4 is 11.3 Å². The second kappa shape index (κ2) is 5.37. The zero-order valence-corrected chi connectivity index (χ0v) is 12.0. The van der Waals surface area contributed by atoms with E-state index in [4.69, 9.17) is 0 Å². The maximum Gasteiger partial charge on any atom is 0.176 e. The predicted octanol–water partition coefficient (Wildman–Crippen LogP) is 5.81. The lowest BCUT2D eigenvalue weighted by molar-refractivity contribution is 0.591. The van der Waals surface area contributed by atoms with Crippen LogP contribution in [0.1, 0.15) is 5.56 Å². The Balaban J connectivity index is 2.09. The first kappa shape index (κ1) is 13.9. The average molecular weight is 304 g/mol. The van der Waals surface area contributed by atoms with Crippen molar-refractivity contribution in [1.29, 1.82) is 0 Å². The van der Waals surface area contributed by atoms with Crippen molar-refractivity contribution < 1.29 is 13.2 Å². The highest BCUT2D eigenvalue weighted by Crippen LogP contribution is 2.34. The quantitative estimate of drug-likeness (QED) is 0.560. The SMILES string of the molecule is Cc1ccc(-c2cc(F)c(-c3ccc(F)s3)c(F)c2)cc1. The molecule has 1 aromatic heterocycles.